The van der Waals surface area contributed by atoms with E-state index < -0.39 is 17.9 Å². The maximum Gasteiger partial charge on any atom is 0.223 e. The predicted octanol–water partition coefficient (Wildman–Crippen LogP) is 0.281. The third-order valence-electron chi connectivity index (χ3n) is 3.65. The van der Waals surface area contributed by atoms with Crippen molar-refractivity contribution in [1.82, 2.24) is 4.90 Å². The van der Waals surface area contributed by atoms with Gasteiger partial charge in [-0.25, -0.2) is 0 Å². The topological polar surface area (TPSA) is 69.7 Å². The van der Waals surface area contributed by atoms with Crippen LogP contribution in [0.2, 0.25) is 0 Å². The number of carboxylic acid groups (broad SMARTS) is 1. The molecule has 0 N–H and O–H groups in total. The molecule has 1 heterocycles. The average molecular weight is 276 g/mol. The molecule has 2 atom stereocenters. The van der Waals surface area contributed by atoms with E-state index in [4.69, 9.17) is 4.74 Å². The summed E-state index contributed by atoms with van der Waals surface area (Å²) in [6.07, 6.45) is -0.00927. The van der Waals surface area contributed by atoms with Gasteiger partial charge in [0.05, 0.1) is 12.6 Å². The van der Waals surface area contributed by atoms with Crippen molar-refractivity contribution in [2.24, 2.45) is 5.92 Å². The van der Waals surface area contributed by atoms with Crippen LogP contribution in [0.1, 0.15) is 23.6 Å². The third kappa shape index (κ3) is 2.82. The SMILES string of the molecule is COCCN1C(=O)C[C@@H](C(=O)[O-])[C@@H]1c1cccc(C)c1. The van der Waals surface area contributed by atoms with Gasteiger partial charge in [0.2, 0.25) is 5.91 Å². The van der Waals surface area contributed by atoms with Gasteiger partial charge in [-0.3, -0.25) is 4.79 Å². The van der Waals surface area contributed by atoms with Crippen molar-refractivity contribution in [1.29, 1.82) is 0 Å². The Labute approximate surface area is 118 Å². The minimum Gasteiger partial charge on any atom is -0.550 e. The van der Waals surface area contributed by atoms with Crippen molar-refractivity contribution in [2.45, 2.75) is 19.4 Å². The molecule has 0 radical (unpaired) electrons. The standard InChI is InChI=1S/C15H19NO4/c1-10-4-3-5-11(8-10)14-12(15(18)19)9-13(17)16(14)6-7-20-2/h3-5,8,12,14H,6-7,9H2,1-2H3,(H,18,19)/p-1/t12-,14+/m1/s1. The summed E-state index contributed by atoms with van der Waals surface area (Å²) >= 11 is 0. The highest BCUT2D eigenvalue weighted by Crippen LogP contribution is 2.37. The highest BCUT2D eigenvalue weighted by Gasteiger charge is 2.41. The number of nitrogens with zero attached hydrogens (tertiary/aromatic N) is 1. The smallest absolute Gasteiger partial charge is 0.223 e. The number of benzene rings is 1. The molecule has 2 rings (SSSR count). The van der Waals surface area contributed by atoms with Crippen LogP contribution in [0.25, 0.3) is 0 Å². The number of carbonyl (C=O) groups excluding carboxylic acids is 2. The first-order valence-electron chi connectivity index (χ1n) is 6.60. The summed E-state index contributed by atoms with van der Waals surface area (Å²) < 4.78 is 5.00. The van der Waals surface area contributed by atoms with E-state index in [2.05, 4.69) is 0 Å². The summed E-state index contributed by atoms with van der Waals surface area (Å²) in [5.74, 6) is -2.14. The number of rotatable bonds is 5. The van der Waals surface area contributed by atoms with Gasteiger partial charge in [-0.15, -0.1) is 0 Å². The Bertz CT molecular complexity index is 514. The lowest BCUT2D eigenvalue weighted by atomic mass is 9.93. The molecular weight excluding hydrogens is 258 g/mol. The molecule has 0 aliphatic carbocycles. The van der Waals surface area contributed by atoms with Gasteiger partial charge in [-0.1, -0.05) is 29.8 Å². The molecule has 0 unspecified atom stereocenters. The van der Waals surface area contributed by atoms with E-state index in [-0.39, 0.29) is 12.3 Å². The molecule has 1 aliphatic heterocycles. The molecule has 20 heavy (non-hydrogen) atoms. The van der Waals surface area contributed by atoms with Crippen molar-refractivity contribution in [3.05, 3.63) is 35.4 Å². The second kappa shape index (κ2) is 6.05. The monoisotopic (exact) mass is 276 g/mol. The van der Waals surface area contributed by atoms with Crippen LogP contribution in [-0.2, 0) is 14.3 Å². The molecule has 1 aromatic rings. The van der Waals surface area contributed by atoms with Gasteiger partial charge in [0, 0.05) is 32.0 Å². The second-order valence-electron chi connectivity index (χ2n) is 5.07. The Morgan fingerprint density at radius 1 is 1.50 bits per heavy atom. The Morgan fingerprint density at radius 3 is 2.85 bits per heavy atom. The van der Waals surface area contributed by atoms with Gasteiger partial charge in [-0.2, -0.15) is 0 Å². The molecule has 5 heteroatoms. The first-order chi connectivity index (χ1) is 9.54. The number of likely N-dealkylation sites (tertiary alicyclic amines) is 1. The molecule has 0 spiro atoms. The van der Waals surface area contributed by atoms with E-state index in [1.165, 1.54) is 0 Å². The highest BCUT2D eigenvalue weighted by molar-refractivity contribution is 5.86. The van der Waals surface area contributed by atoms with Gasteiger partial charge in [0.25, 0.3) is 0 Å². The Morgan fingerprint density at radius 2 is 2.25 bits per heavy atom. The Kier molecular flexibility index (Phi) is 4.39. The van der Waals surface area contributed by atoms with E-state index in [9.17, 15) is 14.7 Å². The van der Waals surface area contributed by atoms with Crippen molar-refractivity contribution >= 4 is 11.9 Å². The van der Waals surface area contributed by atoms with Gasteiger partial charge in [0.1, 0.15) is 0 Å². The van der Waals surface area contributed by atoms with Gasteiger partial charge >= 0.3 is 0 Å². The molecule has 108 valence electrons. The van der Waals surface area contributed by atoms with E-state index in [0.717, 1.165) is 11.1 Å². The molecule has 1 fully saturated rings. The van der Waals surface area contributed by atoms with Crippen LogP contribution in [0.4, 0.5) is 0 Å². The summed E-state index contributed by atoms with van der Waals surface area (Å²) in [4.78, 5) is 24.9. The zero-order valence-electron chi connectivity index (χ0n) is 11.7. The van der Waals surface area contributed by atoms with E-state index in [1.54, 1.807) is 12.0 Å². The zero-order chi connectivity index (χ0) is 14.7. The summed E-state index contributed by atoms with van der Waals surface area (Å²) in [6.45, 7) is 2.71. The van der Waals surface area contributed by atoms with E-state index in [1.807, 2.05) is 31.2 Å². The number of carbonyl (C=O) groups is 2. The Hall–Kier alpha value is -1.88. The van der Waals surface area contributed by atoms with E-state index in [0.29, 0.717) is 13.2 Å². The molecule has 1 aromatic carbocycles. The van der Waals surface area contributed by atoms with Crippen LogP contribution in [0.3, 0.4) is 0 Å². The fourth-order valence-corrected chi connectivity index (χ4v) is 2.72. The molecule has 0 aromatic heterocycles. The van der Waals surface area contributed by atoms with Crippen LogP contribution < -0.4 is 5.11 Å². The minimum atomic E-state index is -1.18. The van der Waals surface area contributed by atoms with Crippen molar-refractivity contribution in [3.8, 4) is 0 Å². The normalized spacial score (nSPS) is 22.3. The van der Waals surface area contributed by atoms with Crippen LogP contribution in [0.15, 0.2) is 24.3 Å². The lowest BCUT2D eigenvalue weighted by Gasteiger charge is -2.29. The predicted molar refractivity (Wildman–Crippen MR) is 70.6 cm³/mol. The lowest BCUT2D eigenvalue weighted by molar-refractivity contribution is -0.312. The van der Waals surface area contributed by atoms with Crippen molar-refractivity contribution in [2.75, 3.05) is 20.3 Å². The summed E-state index contributed by atoms with van der Waals surface area (Å²) in [5.41, 5.74) is 1.87. The highest BCUT2D eigenvalue weighted by atomic mass is 16.5. The molecule has 1 amide bonds. The fourth-order valence-electron chi connectivity index (χ4n) is 2.72. The average Bonchev–Trinajstić information content (AvgIpc) is 2.73. The first kappa shape index (κ1) is 14.5. The third-order valence-corrected chi connectivity index (χ3v) is 3.65. The fraction of sp³-hybridized carbons (Fsp3) is 0.467. The first-order valence-corrected chi connectivity index (χ1v) is 6.60. The maximum atomic E-state index is 12.0. The van der Waals surface area contributed by atoms with Crippen LogP contribution in [0.5, 0.6) is 0 Å². The number of ether oxygens (including phenoxy) is 1. The second-order valence-corrected chi connectivity index (χ2v) is 5.07. The summed E-state index contributed by atoms with van der Waals surface area (Å²) in [6, 6.07) is 7.11. The van der Waals surface area contributed by atoms with Crippen LogP contribution in [-0.4, -0.2) is 37.0 Å². The van der Waals surface area contributed by atoms with Gasteiger partial charge in [-0.05, 0) is 12.5 Å². The molecule has 1 aliphatic rings. The lowest BCUT2D eigenvalue weighted by Crippen LogP contribution is -2.37. The van der Waals surface area contributed by atoms with E-state index >= 15 is 0 Å². The van der Waals surface area contributed by atoms with Crippen molar-refractivity contribution < 1.29 is 19.4 Å². The van der Waals surface area contributed by atoms with Crippen LogP contribution >= 0.6 is 0 Å². The number of amides is 1. The molecule has 0 saturated carbocycles. The van der Waals surface area contributed by atoms with Gasteiger partial charge < -0.3 is 19.5 Å². The maximum absolute atomic E-state index is 12.0. The number of hydrogen-bond donors (Lipinski definition) is 0. The number of carboxylic acids is 1. The molecular formula is C15H18NO4-. The number of hydrogen-bond acceptors (Lipinski definition) is 4. The quantitative estimate of drug-likeness (QED) is 0.774. The van der Waals surface area contributed by atoms with Gasteiger partial charge in [0.15, 0.2) is 0 Å². The minimum absolute atomic E-state index is 0.00927. The Balaban J connectivity index is 2.35. The largest absolute Gasteiger partial charge is 0.550 e. The number of aryl methyl sites for hydroxylation is 1. The number of methoxy groups -OCH3 is 1. The summed E-state index contributed by atoms with van der Waals surface area (Å²) in [7, 11) is 1.55. The van der Waals surface area contributed by atoms with Crippen LogP contribution in [0, 0.1) is 12.8 Å². The molecule has 0 bridgehead atoms. The molecule has 1 saturated heterocycles. The zero-order valence-corrected chi connectivity index (χ0v) is 11.7. The number of aliphatic carboxylic acids is 1. The molecule has 5 nitrogen and oxygen atoms in total. The summed E-state index contributed by atoms with van der Waals surface area (Å²) in [5, 5.41) is 11.3. The van der Waals surface area contributed by atoms with Crippen molar-refractivity contribution in [3.63, 3.8) is 0 Å².